The number of nitrogens with one attached hydrogen (secondary N) is 2. The van der Waals surface area contributed by atoms with Crippen molar-refractivity contribution in [3.63, 3.8) is 0 Å². The molecule has 2 aromatic rings. The fraction of sp³-hybridized carbons (Fsp3) is 0.400. The minimum atomic E-state index is -4.68. The first-order valence-corrected chi connectivity index (χ1v) is 7.46. The predicted molar refractivity (Wildman–Crippen MR) is 85.3 cm³/mol. The third-order valence-electron chi connectivity index (χ3n) is 3.75. The average Bonchev–Trinajstić information content (AvgIpc) is 3.06. The number of benzene rings is 1. The Kier molecular flexibility index (Phi) is 6.02. The predicted octanol–water partition coefficient (Wildman–Crippen LogP) is 2.66. The second-order valence-electron chi connectivity index (χ2n) is 5.50. The van der Waals surface area contributed by atoms with Crippen molar-refractivity contribution in [2.75, 3.05) is 13.1 Å². The maximum atomic E-state index is 12.5. The minimum Gasteiger partial charge on any atom is -0.349 e. The minimum absolute atomic E-state index is 0. The Morgan fingerprint density at radius 1 is 1.20 bits per heavy atom. The van der Waals surface area contributed by atoms with Crippen molar-refractivity contribution < 1.29 is 22.5 Å². The van der Waals surface area contributed by atoms with Crippen LogP contribution in [0.25, 0.3) is 11.4 Å². The van der Waals surface area contributed by atoms with Gasteiger partial charge < -0.3 is 15.2 Å². The molecule has 1 aromatic heterocycles. The molecule has 2 heterocycles. The van der Waals surface area contributed by atoms with Crippen molar-refractivity contribution in [3.05, 3.63) is 35.7 Å². The number of halogens is 4. The van der Waals surface area contributed by atoms with Gasteiger partial charge in [0.05, 0.1) is 0 Å². The molecule has 2 N–H and O–H groups in total. The fourth-order valence-electron chi connectivity index (χ4n) is 2.46. The van der Waals surface area contributed by atoms with Gasteiger partial charge in [-0.3, -0.25) is 4.79 Å². The summed E-state index contributed by atoms with van der Waals surface area (Å²) < 4.78 is 41.6. The Bertz CT molecular complexity index is 712. The van der Waals surface area contributed by atoms with E-state index >= 15 is 0 Å². The van der Waals surface area contributed by atoms with Gasteiger partial charge in [0.2, 0.25) is 5.82 Å². The van der Waals surface area contributed by atoms with Crippen LogP contribution in [0.1, 0.15) is 29.1 Å². The third-order valence-corrected chi connectivity index (χ3v) is 3.75. The molecule has 1 aliphatic rings. The zero-order valence-corrected chi connectivity index (χ0v) is 13.8. The van der Waals surface area contributed by atoms with E-state index in [0.717, 1.165) is 25.9 Å². The van der Waals surface area contributed by atoms with Gasteiger partial charge in [0.25, 0.3) is 5.91 Å². The lowest BCUT2D eigenvalue weighted by molar-refractivity contribution is -0.159. The lowest BCUT2D eigenvalue weighted by atomic mass is 10.1. The maximum absolute atomic E-state index is 12.5. The van der Waals surface area contributed by atoms with Crippen molar-refractivity contribution in [3.8, 4) is 11.4 Å². The number of carbonyl (C=O) groups is 1. The Balaban J connectivity index is 0.00000225. The summed E-state index contributed by atoms with van der Waals surface area (Å²) in [6.07, 6.45) is -2.94. The summed E-state index contributed by atoms with van der Waals surface area (Å²) in [6.45, 7) is 1.73. The topological polar surface area (TPSA) is 80.0 Å². The van der Waals surface area contributed by atoms with Gasteiger partial charge in [0.15, 0.2) is 0 Å². The van der Waals surface area contributed by atoms with Crippen molar-refractivity contribution in [2.45, 2.75) is 25.1 Å². The molecule has 0 bridgehead atoms. The lowest BCUT2D eigenvalue weighted by Crippen LogP contribution is -2.42. The normalized spacial score (nSPS) is 15.5. The number of piperidine rings is 1. The standard InChI is InChI=1S/C15H15F3N4O2.ClH/c16-15(17,18)14-21-12(22-24-14)9-1-3-10(4-2-9)13(23)20-11-5-7-19-8-6-11;/h1-4,11,19H,5-8H2,(H,20,23);1H. The summed E-state index contributed by atoms with van der Waals surface area (Å²) in [4.78, 5) is 15.5. The lowest BCUT2D eigenvalue weighted by Gasteiger charge is -2.23. The number of aromatic nitrogens is 2. The van der Waals surface area contributed by atoms with Crippen molar-refractivity contribution in [1.82, 2.24) is 20.8 Å². The number of carbonyl (C=O) groups excluding carboxylic acids is 1. The molecule has 1 amide bonds. The molecule has 0 atom stereocenters. The van der Waals surface area contributed by atoms with Crippen LogP contribution in [0, 0.1) is 0 Å². The second-order valence-corrected chi connectivity index (χ2v) is 5.50. The SMILES string of the molecule is Cl.O=C(NC1CCNCC1)c1ccc(-c2noc(C(F)(F)F)n2)cc1. The maximum Gasteiger partial charge on any atom is 0.471 e. The first-order chi connectivity index (χ1) is 11.4. The summed E-state index contributed by atoms with van der Waals surface area (Å²) in [5.41, 5.74) is 0.768. The van der Waals surface area contributed by atoms with Gasteiger partial charge >= 0.3 is 12.1 Å². The highest BCUT2D eigenvalue weighted by molar-refractivity contribution is 5.94. The molecule has 136 valence electrons. The van der Waals surface area contributed by atoms with E-state index in [4.69, 9.17) is 0 Å². The highest BCUT2D eigenvalue weighted by Gasteiger charge is 2.38. The Morgan fingerprint density at radius 3 is 2.40 bits per heavy atom. The highest BCUT2D eigenvalue weighted by Crippen LogP contribution is 2.29. The number of nitrogens with zero attached hydrogens (tertiary/aromatic N) is 2. The van der Waals surface area contributed by atoms with Gasteiger partial charge in [-0.2, -0.15) is 18.2 Å². The van der Waals surface area contributed by atoms with Gasteiger partial charge in [-0.15, -0.1) is 12.4 Å². The first kappa shape index (κ1) is 19.2. The van der Waals surface area contributed by atoms with E-state index in [2.05, 4.69) is 25.3 Å². The van der Waals surface area contributed by atoms with Crippen LogP contribution in [0.2, 0.25) is 0 Å². The quantitative estimate of drug-likeness (QED) is 0.861. The van der Waals surface area contributed by atoms with Crippen LogP contribution in [-0.2, 0) is 6.18 Å². The van der Waals surface area contributed by atoms with Crippen LogP contribution in [0.3, 0.4) is 0 Å². The van der Waals surface area contributed by atoms with E-state index in [1.807, 2.05) is 0 Å². The molecule has 1 saturated heterocycles. The van der Waals surface area contributed by atoms with Crippen LogP contribution >= 0.6 is 12.4 Å². The van der Waals surface area contributed by atoms with Crippen molar-refractivity contribution >= 4 is 18.3 Å². The molecule has 1 aliphatic heterocycles. The number of alkyl halides is 3. The van der Waals surface area contributed by atoms with Crippen LogP contribution in [-0.4, -0.2) is 35.2 Å². The molecular weight excluding hydrogens is 361 g/mol. The van der Waals surface area contributed by atoms with Gasteiger partial charge in [-0.25, -0.2) is 0 Å². The van der Waals surface area contributed by atoms with Gasteiger partial charge in [0, 0.05) is 17.2 Å². The van der Waals surface area contributed by atoms with Crippen LogP contribution in [0.5, 0.6) is 0 Å². The fourth-order valence-corrected chi connectivity index (χ4v) is 2.46. The van der Waals surface area contributed by atoms with E-state index < -0.39 is 12.1 Å². The molecule has 25 heavy (non-hydrogen) atoms. The van der Waals surface area contributed by atoms with Crippen molar-refractivity contribution in [2.24, 2.45) is 0 Å². The number of amides is 1. The summed E-state index contributed by atoms with van der Waals surface area (Å²) in [7, 11) is 0. The van der Waals surface area contributed by atoms with Gasteiger partial charge in [-0.1, -0.05) is 17.3 Å². The monoisotopic (exact) mass is 376 g/mol. The summed E-state index contributed by atoms with van der Waals surface area (Å²) in [5.74, 6) is -1.78. The van der Waals surface area contributed by atoms with E-state index in [1.165, 1.54) is 24.3 Å². The van der Waals surface area contributed by atoms with Crippen LogP contribution in [0.4, 0.5) is 13.2 Å². The zero-order chi connectivity index (χ0) is 17.2. The molecule has 0 radical (unpaired) electrons. The molecule has 1 fully saturated rings. The number of rotatable bonds is 3. The number of hydrogen-bond donors (Lipinski definition) is 2. The van der Waals surface area contributed by atoms with E-state index in [1.54, 1.807) is 0 Å². The molecule has 0 saturated carbocycles. The molecule has 0 unspecified atom stereocenters. The second kappa shape index (κ2) is 7.83. The molecule has 10 heteroatoms. The molecule has 6 nitrogen and oxygen atoms in total. The number of hydrogen-bond acceptors (Lipinski definition) is 5. The summed E-state index contributed by atoms with van der Waals surface area (Å²) in [6, 6.07) is 6.15. The first-order valence-electron chi connectivity index (χ1n) is 7.46. The zero-order valence-electron chi connectivity index (χ0n) is 13.0. The van der Waals surface area contributed by atoms with Gasteiger partial charge in [-0.05, 0) is 38.1 Å². The average molecular weight is 377 g/mol. The molecular formula is C15H16ClF3N4O2. The Morgan fingerprint density at radius 2 is 1.84 bits per heavy atom. The van der Waals surface area contributed by atoms with Gasteiger partial charge in [0.1, 0.15) is 0 Å². The molecule has 3 rings (SSSR count). The van der Waals surface area contributed by atoms with E-state index in [0.29, 0.717) is 11.1 Å². The Labute approximate surface area is 147 Å². The molecule has 0 spiro atoms. The highest BCUT2D eigenvalue weighted by atomic mass is 35.5. The van der Waals surface area contributed by atoms with Crippen LogP contribution < -0.4 is 10.6 Å². The van der Waals surface area contributed by atoms with E-state index in [9.17, 15) is 18.0 Å². The molecule has 1 aromatic carbocycles. The summed E-state index contributed by atoms with van der Waals surface area (Å²) >= 11 is 0. The van der Waals surface area contributed by atoms with Crippen molar-refractivity contribution in [1.29, 1.82) is 0 Å². The Hall–Kier alpha value is -2.13. The molecule has 0 aliphatic carbocycles. The van der Waals surface area contributed by atoms with E-state index in [-0.39, 0.29) is 30.2 Å². The summed E-state index contributed by atoms with van der Waals surface area (Å²) in [5, 5.41) is 9.46. The smallest absolute Gasteiger partial charge is 0.349 e. The van der Waals surface area contributed by atoms with Crippen LogP contribution in [0.15, 0.2) is 28.8 Å². The third kappa shape index (κ3) is 4.70. The largest absolute Gasteiger partial charge is 0.471 e.